The molecule has 180 valence electrons. The van der Waals surface area contributed by atoms with Crippen LogP contribution in [0.15, 0.2) is 42.0 Å². The van der Waals surface area contributed by atoms with E-state index < -0.39 is 5.54 Å². The molecule has 4 aliphatic rings. The van der Waals surface area contributed by atoms with Crippen LogP contribution in [-0.2, 0) is 27.2 Å². The van der Waals surface area contributed by atoms with Crippen LogP contribution in [0.5, 0.6) is 0 Å². The Labute approximate surface area is 200 Å². The van der Waals surface area contributed by atoms with Crippen LogP contribution in [-0.4, -0.2) is 59.2 Å². The molecule has 2 unspecified atom stereocenters. The van der Waals surface area contributed by atoms with Gasteiger partial charge in [0.2, 0.25) is 12.3 Å². The van der Waals surface area contributed by atoms with E-state index in [1.165, 1.54) is 10.5 Å². The summed E-state index contributed by atoms with van der Waals surface area (Å²) in [5, 5.41) is 4.94. The molecule has 2 aliphatic carbocycles. The molecule has 2 fully saturated rings. The lowest BCUT2D eigenvalue weighted by molar-refractivity contribution is -0.135. The van der Waals surface area contributed by atoms with Crippen molar-refractivity contribution in [2.75, 3.05) is 18.9 Å². The van der Waals surface area contributed by atoms with Crippen molar-refractivity contribution in [2.45, 2.75) is 63.5 Å². The van der Waals surface area contributed by atoms with Gasteiger partial charge in [-0.15, -0.1) is 0 Å². The van der Waals surface area contributed by atoms with Crippen molar-refractivity contribution >= 4 is 29.9 Å². The zero-order chi connectivity index (χ0) is 24.3. The summed E-state index contributed by atoms with van der Waals surface area (Å²) in [5.74, 6) is 0.0784. The number of nitrogens with zero attached hydrogens (tertiary/aromatic N) is 2. The van der Waals surface area contributed by atoms with Crippen molar-refractivity contribution in [1.82, 2.24) is 15.1 Å². The fourth-order valence-electron chi connectivity index (χ4n) is 5.40. The van der Waals surface area contributed by atoms with Gasteiger partial charge in [0.05, 0.1) is 6.04 Å². The average molecular weight is 465 g/mol. The first-order valence-corrected chi connectivity index (χ1v) is 12.0. The van der Waals surface area contributed by atoms with Crippen LogP contribution in [0, 0.1) is 0 Å². The molecule has 1 spiro atoms. The first-order chi connectivity index (χ1) is 16.4. The molecule has 34 heavy (non-hydrogen) atoms. The number of fused-ring (bicyclic) bond motifs is 1. The number of carbonyl (C=O) groups excluding carboxylic acids is 4. The molecule has 2 aliphatic heterocycles. The van der Waals surface area contributed by atoms with Crippen LogP contribution in [0.1, 0.15) is 50.2 Å². The number of likely N-dealkylation sites (N-methyl/N-ethyl adjacent to an activating group) is 2. The fourth-order valence-corrected chi connectivity index (χ4v) is 5.40. The molecule has 2 atom stereocenters. The first-order valence-electron chi connectivity index (χ1n) is 12.0. The Morgan fingerprint density at radius 3 is 2.62 bits per heavy atom. The lowest BCUT2D eigenvalue weighted by Gasteiger charge is -2.36. The third kappa shape index (κ3) is 4.36. The number of carbonyl (C=O) groups is 4. The van der Waals surface area contributed by atoms with E-state index in [1.807, 2.05) is 17.0 Å². The van der Waals surface area contributed by atoms with Gasteiger partial charge in [-0.2, -0.15) is 0 Å². The number of hydrogen-bond acceptors (Lipinski definition) is 4. The van der Waals surface area contributed by atoms with E-state index in [0.717, 1.165) is 49.8 Å². The summed E-state index contributed by atoms with van der Waals surface area (Å²) < 4.78 is 0. The maximum atomic E-state index is 12.1. The number of imide groups is 1. The van der Waals surface area contributed by atoms with Crippen LogP contribution in [0.4, 0.5) is 10.5 Å². The molecule has 2 saturated heterocycles. The monoisotopic (exact) mass is 464 g/mol. The minimum Gasteiger partial charge on any atom is -0.336 e. The molecule has 0 saturated carbocycles. The summed E-state index contributed by atoms with van der Waals surface area (Å²) in [5.41, 5.74) is 3.27. The number of rotatable bonds is 4. The van der Waals surface area contributed by atoms with Crippen molar-refractivity contribution in [3.8, 4) is 0 Å². The van der Waals surface area contributed by atoms with Crippen LogP contribution < -0.4 is 10.6 Å². The second-order valence-corrected chi connectivity index (χ2v) is 9.22. The minimum absolute atomic E-state index is 0.249. The van der Waals surface area contributed by atoms with Gasteiger partial charge in [-0.1, -0.05) is 24.3 Å². The molecular formula is C26H32N4O4. The highest BCUT2D eigenvalue weighted by Gasteiger charge is 2.54. The predicted molar refractivity (Wildman–Crippen MR) is 129 cm³/mol. The summed E-state index contributed by atoms with van der Waals surface area (Å²) >= 11 is 0. The Morgan fingerprint density at radius 2 is 1.97 bits per heavy atom. The zero-order valence-corrected chi connectivity index (χ0v) is 19.8. The number of amides is 5. The summed E-state index contributed by atoms with van der Waals surface area (Å²) in [6, 6.07) is 5.53. The first kappa shape index (κ1) is 23.7. The van der Waals surface area contributed by atoms with Crippen LogP contribution in [0.3, 0.4) is 0 Å². The van der Waals surface area contributed by atoms with Crippen molar-refractivity contribution < 1.29 is 19.2 Å². The second kappa shape index (κ2) is 9.83. The number of piperidine rings is 1. The molecule has 2 N–H and O–H groups in total. The molecule has 0 bridgehead atoms. The molecule has 1 aromatic rings. The second-order valence-electron chi connectivity index (χ2n) is 9.22. The van der Waals surface area contributed by atoms with Gasteiger partial charge in [-0.3, -0.25) is 19.7 Å². The van der Waals surface area contributed by atoms with E-state index in [2.05, 4.69) is 35.8 Å². The summed E-state index contributed by atoms with van der Waals surface area (Å²) in [6.45, 7) is 2.91. The van der Waals surface area contributed by atoms with Gasteiger partial charge in [0, 0.05) is 38.5 Å². The van der Waals surface area contributed by atoms with E-state index in [-0.39, 0.29) is 11.9 Å². The topological polar surface area (TPSA) is 98.8 Å². The number of nitrogens with one attached hydrogen (secondary N) is 2. The molecule has 8 heteroatoms. The summed E-state index contributed by atoms with van der Waals surface area (Å²) in [6.07, 6.45) is 13.5. The van der Waals surface area contributed by atoms with Crippen molar-refractivity contribution in [3.63, 3.8) is 0 Å². The van der Waals surface area contributed by atoms with Gasteiger partial charge in [0.25, 0.3) is 5.91 Å². The fraction of sp³-hybridized carbons (Fsp3) is 0.462. The lowest BCUT2D eigenvalue weighted by atomic mass is 9.91. The van der Waals surface area contributed by atoms with Gasteiger partial charge < -0.3 is 15.1 Å². The van der Waals surface area contributed by atoms with Crippen molar-refractivity contribution in [1.29, 1.82) is 0 Å². The van der Waals surface area contributed by atoms with Crippen molar-refractivity contribution in [3.05, 3.63) is 53.1 Å². The van der Waals surface area contributed by atoms with Gasteiger partial charge in [-0.05, 0) is 61.4 Å². The Kier molecular flexibility index (Phi) is 6.86. The molecule has 2 heterocycles. The number of urea groups is 1. The number of anilines is 1. The Hall–Kier alpha value is -3.42. The number of likely N-dealkylation sites (tertiary alicyclic amines) is 1. The Bertz CT molecular complexity index is 1060. The molecule has 0 radical (unpaired) electrons. The van der Waals surface area contributed by atoms with Gasteiger partial charge in [0.15, 0.2) is 0 Å². The number of hydrogen-bond donors (Lipinski definition) is 2. The standard InChI is InChI=1S/C13H13N3O3.C13H19NO/c1-16-12(19)15-11(18)13(16)5-8-2-3-10(14-7-17)4-9(8)6-13;1-2-14-12(9-6-10-13(14)15)11-7-4-3-5-8-11/h2-4,7H,5-6H2,1H3,(H,14,17)(H,15,18,19);4,7-8,12H,2-3,5-6,9-10H2,1H3. The summed E-state index contributed by atoms with van der Waals surface area (Å²) in [7, 11) is 1.64. The van der Waals surface area contributed by atoms with E-state index >= 15 is 0 Å². The third-order valence-electron chi connectivity index (χ3n) is 7.30. The highest BCUT2D eigenvalue weighted by Crippen LogP contribution is 2.38. The van der Waals surface area contributed by atoms with Gasteiger partial charge >= 0.3 is 6.03 Å². The highest BCUT2D eigenvalue weighted by atomic mass is 16.2. The zero-order valence-electron chi connectivity index (χ0n) is 19.8. The van der Waals surface area contributed by atoms with E-state index in [9.17, 15) is 19.2 Å². The van der Waals surface area contributed by atoms with Crippen LogP contribution in [0.25, 0.3) is 0 Å². The normalized spacial score (nSPS) is 25.5. The quantitative estimate of drug-likeness (QED) is 0.529. The average Bonchev–Trinajstić information content (AvgIpc) is 3.33. The molecule has 8 nitrogen and oxygen atoms in total. The highest BCUT2D eigenvalue weighted by molar-refractivity contribution is 6.07. The van der Waals surface area contributed by atoms with Gasteiger partial charge in [0.1, 0.15) is 5.54 Å². The number of allylic oxidation sites excluding steroid dienone is 2. The molecule has 1 aromatic carbocycles. The maximum Gasteiger partial charge on any atom is 0.324 e. The van der Waals surface area contributed by atoms with Crippen molar-refractivity contribution in [2.24, 2.45) is 0 Å². The summed E-state index contributed by atoms with van der Waals surface area (Å²) in [4.78, 5) is 49.4. The third-order valence-corrected chi connectivity index (χ3v) is 7.30. The Morgan fingerprint density at radius 1 is 1.18 bits per heavy atom. The predicted octanol–water partition coefficient (Wildman–Crippen LogP) is 2.94. The number of benzene rings is 1. The minimum atomic E-state index is -0.806. The van der Waals surface area contributed by atoms with E-state index in [1.54, 1.807) is 13.1 Å². The Balaban J connectivity index is 0.000000166. The van der Waals surface area contributed by atoms with E-state index in [4.69, 9.17) is 0 Å². The smallest absolute Gasteiger partial charge is 0.324 e. The maximum absolute atomic E-state index is 12.1. The van der Waals surface area contributed by atoms with Gasteiger partial charge in [-0.25, -0.2) is 4.79 Å². The lowest BCUT2D eigenvalue weighted by Crippen LogP contribution is -2.48. The molecule has 5 amide bonds. The van der Waals surface area contributed by atoms with Crippen LogP contribution in [0.2, 0.25) is 0 Å². The molecule has 5 rings (SSSR count). The SMILES string of the molecule is CCN1C(=O)CCCC1C1=CCCC=C1.CN1C(=O)NC(=O)C12Cc1ccc(NC=O)cc1C2. The largest absolute Gasteiger partial charge is 0.336 e. The molecular weight excluding hydrogens is 432 g/mol. The van der Waals surface area contributed by atoms with E-state index in [0.29, 0.717) is 36.9 Å². The molecule has 0 aromatic heterocycles. The van der Waals surface area contributed by atoms with Crippen LogP contribution >= 0.6 is 0 Å².